The Hall–Kier alpha value is -3.92. The van der Waals surface area contributed by atoms with Gasteiger partial charge >= 0.3 is 5.91 Å². The molecular formula is C33H44N5O5+. The normalized spacial score (nSPS) is 20.1. The molecule has 5 amide bonds. The summed E-state index contributed by atoms with van der Waals surface area (Å²) in [6.45, 7) is 10.5. The molecule has 2 aliphatic rings. The highest BCUT2D eigenvalue weighted by Gasteiger charge is 2.65. The van der Waals surface area contributed by atoms with E-state index in [0.29, 0.717) is 49.2 Å². The Morgan fingerprint density at radius 3 is 2.16 bits per heavy atom. The fraction of sp³-hybridized carbons (Fsp3) is 0.515. The number of amides is 5. The average molecular weight is 591 g/mol. The molecule has 4 atom stereocenters. The zero-order valence-corrected chi connectivity index (χ0v) is 25.8. The summed E-state index contributed by atoms with van der Waals surface area (Å²) in [5.41, 5.74) is 0.671. The van der Waals surface area contributed by atoms with E-state index in [1.807, 2.05) is 13.8 Å². The highest BCUT2D eigenvalue weighted by atomic mass is 16.2. The van der Waals surface area contributed by atoms with Crippen LogP contribution >= 0.6 is 0 Å². The van der Waals surface area contributed by atoms with Gasteiger partial charge in [-0.3, -0.25) is 29.0 Å². The largest absolute Gasteiger partial charge is 0.341 e. The SMILES string of the molecule is CC(C)CC(NC(=O)CCCCCN1C(=O)c2ccccc2C1=O)C(=O)[NH+]1C(CC(=O)Nc2ccccn2)C1C(C)(C)C. The Balaban J connectivity index is 1.28. The number of anilines is 1. The Morgan fingerprint density at radius 1 is 0.930 bits per heavy atom. The lowest BCUT2D eigenvalue weighted by Crippen LogP contribution is -3.03. The molecule has 3 heterocycles. The molecule has 1 aromatic heterocycles. The third-order valence-corrected chi connectivity index (χ3v) is 8.11. The van der Waals surface area contributed by atoms with Crippen LogP contribution in [0.15, 0.2) is 48.7 Å². The van der Waals surface area contributed by atoms with Crippen molar-refractivity contribution in [1.29, 1.82) is 0 Å². The van der Waals surface area contributed by atoms with E-state index in [2.05, 4.69) is 36.4 Å². The third kappa shape index (κ3) is 7.93. The van der Waals surface area contributed by atoms with Crippen molar-refractivity contribution in [2.24, 2.45) is 11.3 Å². The second-order valence-corrected chi connectivity index (χ2v) is 13.1. The quantitative estimate of drug-likeness (QED) is 0.187. The van der Waals surface area contributed by atoms with Crippen LogP contribution in [-0.2, 0) is 14.4 Å². The zero-order chi connectivity index (χ0) is 31.3. The number of carbonyl (C=O) groups excluding carboxylic acids is 5. The van der Waals surface area contributed by atoms with Crippen molar-refractivity contribution in [3.8, 4) is 0 Å². The van der Waals surface area contributed by atoms with Crippen LogP contribution in [0, 0.1) is 11.3 Å². The minimum atomic E-state index is -0.644. The van der Waals surface area contributed by atoms with Gasteiger partial charge < -0.3 is 10.6 Å². The molecule has 4 rings (SSSR count). The summed E-state index contributed by atoms with van der Waals surface area (Å²) in [5.74, 6) is -0.347. The zero-order valence-electron chi connectivity index (χ0n) is 25.8. The van der Waals surface area contributed by atoms with Crippen molar-refractivity contribution in [3.63, 3.8) is 0 Å². The van der Waals surface area contributed by atoms with Crippen LogP contribution in [-0.4, -0.2) is 64.1 Å². The van der Waals surface area contributed by atoms with Crippen LogP contribution < -0.4 is 15.5 Å². The van der Waals surface area contributed by atoms with Crippen molar-refractivity contribution in [2.75, 3.05) is 11.9 Å². The van der Waals surface area contributed by atoms with E-state index < -0.39 is 6.04 Å². The molecule has 230 valence electrons. The van der Waals surface area contributed by atoms with Gasteiger partial charge in [0.1, 0.15) is 11.9 Å². The maximum absolute atomic E-state index is 13.8. The molecule has 1 aromatic carbocycles. The smallest absolute Gasteiger partial charge is 0.335 e. The van der Waals surface area contributed by atoms with E-state index >= 15 is 0 Å². The maximum Gasteiger partial charge on any atom is 0.335 e. The van der Waals surface area contributed by atoms with Gasteiger partial charge in [0, 0.05) is 24.6 Å². The van der Waals surface area contributed by atoms with Crippen LogP contribution in [0.1, 0.15) is 93.9 Å². The third-order valence-electron chi connectivity index (χ3n) is 8.11. The number of hydrogen-bond donors (Lipinski definition) is 3. The number of quaternary nitrogens is 1. The first-order valence-corrected chi connectivity index (χ1v) is 15.2. The van der Waals surface area contributed by atoms with E-state index in [4.69, 9.17) is 0 Å². The van der Waals surface area contributed by atoms with E-state index in [-0.39, 0.29) is 65.8 Å². The Bertz CT molecular complexity index is 1320. The van der Waals surface area contributed by atoms with Crippen LogP contribution in [0.5, 0.6) is 0 Å². The summed E-state index contributed by atoms with van der Waals surface area (Å²) in [5, 5.41) is 5.79. The van der Waals surface area contributed by atoms with E-state index in [1.165, 1.54) is 4.90 Å². The number of pyridine rings is 1. The van der Waals surface area contributed by atoms with E-state index in [0.717, 1.165) is 4.90 Å². The molecule has 10 nitrogen and oxygen atoms in total. The van der Waals surface area contributed by atoms with Gasteiger partial charge in [-0.15, -0.1) is 0 Å². The summed E-state index contributed by atoms with van der Waals surface area (Å²) < 4.78 is 0. The molecule has 3 N–H and O–H groups in total. The predicted molar refractivity (Wildman–Crippen MR) is 162 cm³/mol. The van der Waals surface area contributed by atoms with Gasteiger partial charge in [0.25, 0.3) is 11.8 Å². The molecule has 0 saturated carbocycles. The number of benzene rings is 1. The van der Waals surface area contributed by atoms with Gasteiger partial charge in [-0.05, 0) is 49.4 Å². The lowest BCUT2D eigenvalue weighted by Gasteiger charge is -2.20. The summed E-state index contributed by atoms with van der Waals surface area (Å²) in [6, 6.07) is 11.3. The minimum Gasteiger partial charge on any atom is -0.341 e. The lowest BCUT2D eigenvalue weighted by molar-refractivity contribution is -0.709. The number of aromatic nitrogens is 1. The molecule has 0 bridgehead atoms. The highest BCUT2D eigenvalue weighted by Crippen LogP contribution is 2.29. The lowest BCUT2D eigenvalue weighted by atomic mass is 9.89. The first kappa shape index (κ1) is 32.0. The second-order valence-electron chi connectivity index (χ2n) is 13.1. The molecule has 0 radical (unpaired) electrons. The fourth-order valence-corrected chi connectivity index (χ4v) is 6.13. The van der Waals surface area contributed by atoms with Crippen LogP contribution in [0.4, 0.5) is 5.82 Å². The van der Waals surface area contributed by atoms with Crippen molar-refractivity contribution in [1.82, 2.24) is 15.2 Å². The van der Waals surface area contributed by atoms with Crippen molar-refractivity contribution < 1.29 is 28.9 Å². The molecule has 1 fully saturated rings. The van der Waals surface area contributed by atoms with Crippen LogP contribution in [0.2, 0.25) is 0 Å². The molecule has 1 saturated heterocycles. The second kappa shape index (κ2) is 13.6. The number of carbonyl (C=O) groups is 5. The standard InChI is InChI=1S/C33H43N5O5/c1-21(2)19-24(32(43)38-25(29(38)33(3,4)5)20-28(40)36-26-15-10-11-17-34-26)35-27(39)16-7-6-12-18-37-30(41)22-13-8-9-14-23(22)31(37)42/h8-11,13-15,17,21,24-25,29H,6-7,12,16,18-20H2,1-5H3,(H,35,39)(H,34,36,40)/p+1. The van der Waals surface area contributed by atoms with E-state index in [9.17, 15) is 24.0 Å². The molecule has 2 aliphatic heterocycles. The maximum atomic E-state index is 13.8. The molecule has 0 aliphatic carbocycles. The number of fused-ring (bicyclic) bond motifs is 1. The summed E-state index contributed by atoms with van der Waals surface area (Å²) in [4.78, 5) is 70.8. The monoisotopic (exact) mass is 590 g/mol. The van der Waals surface area contributed by atoms with Gasteiger partial charge in [0.2, 0.25) is 11.8 Å². The number of rotatable bonds is 13. The van der Waals surface area contributed by atoms with Gasteiger partial charge in [-0.2, -0.15) is 0 Å². The van der Waals surface area contributed by atoms with Gasteiger partial charge in [0.05, 0.1) is 17.5 Å². The topological polar surface area (TPSA) is 130 Å². The molecule has 43 heavy (non-hydrogen) atoms. The van der Waals surface area contributed by atoms with Crippen LogP contribution in [0.3, 0.4) is 0 Å². The Labute approximate surface area is 253 Å². The molecule has 0 spiro atoms. The molecular weight excluding hydrogens is 546 g/mol. The summed E-state index contributed by atoms with van der Waals surface area (Å²) in [7, 11) is 0. The van der Waals surface area contributed by atoms with Gasteiger partial charge in [0.15, 0.2) is 12.1 Å². The van der Waals surface area contributed by atoms with Crippen molar-refractivity contribution in [3.05, 3.63) is 59.8 Å². The first-order valence-electron chi connectivity index (χ1n) is 15.2. The van der Waals surface area contributed by atoms with Crippen LogP contribution in [0.25, 0.3) is 0 Å². The first-order chi connectivity index (χ1) is 20.4. The number of imide groups is 1. The number of hydrogen-bond acceptors (Lipinski definition) is 6. The Kier molecular flexibility index (Phi) is 10.1. The number of nitrogens with one attached hydrogen (secondary N) is 3. The number of unbranched alkanes of at least 4 members (excludes halogenated alkanes) is 2. The fourth-order valence-electron chi connectivity index (χ4n) is 6.13. The average Bonchev–Trinajstić information content (AvgIpc) is 3.62. The summed E-state index contributed by atoms with van der Waals surface area (Å²) in [6.07, 6.45) is 4.40. The molecule has 10 heteroatoms. The number of nitrogens with zero attached hydrogens (tertiary/aromatic N) is 2. The van der Waals surface area contributed by atoms with Gasteiger partial charge in [-0.1, -0.05) is 59.2 Å². The molecule has 4 unspecified atom stereocenters. The van der Waals surface area contributed by atoms with Crippen molar-refractivity contribution in [2.45, 2.75) is 91.3 Å². The Morgan fingerprint density at radius 2 is 1.58 bits per heavy atom. The minimum absolute atomic E-state index is 0.0387. The summed E-state index contributed by atoms with van der Waals surface area (Å²) >= 11 is 0. The van der Waals surface area contributed by atoms with Crippen molar-refractivity contribution >= 4 is 35.4 Å². The van der Waals surface area contributed by atoms with E-state index in [1.54, 1.807) is 48.7 Å². The predicted octanol–water partition coefficient (Wildman–Crippen LogP) is 3.01. The van der Waals surface area contributed by atoms with Gasteiger partial charge in [-0.25, -0.2) is 9.78 Å². The highest BCUT2D eigenvalue weighted by molar-refractivity contribution is 6.21. The molecule has 2 aromatic rings.